The number of aromatic amines is 1. The molecule has 0 spiro atoms. The maximum absolute atomic E-state index is 5.94. The third-order valence-electron chi connectivity index (χ3n) is 4.25. The third kappa shape index (κ3) is 3.45. The second-order valence-electron chi connectivity index (χ2n) is 6.48. The summed E-state index contributed by atoms with van der Waals surface area (Å²) in [6, 6.07) is 9.89. The van der Waals surface area contributed by atoms with E-state index in [0.29, 0.717) is 6.54 Å². The first-order valence-corrected chi connectivity index (χ1v) is 8.80. The van der Waals surface area contributed by atoms with Gasteiger partial charge >= 0.3 is 0 Å². The minimum Gasteiger partial charge on any atom is -0.496 e. The number of pyridine rings is 1. The summed E-state index contributed by atoms with van der Waals surface area (Å²) in [5.74, 6) is 1.62. The van der Waals surface area contributed by atoms with Crippen molar-refractivity contribution in [2.75, 3.05) is 13.7 Å². The fourth-order valence-electron chi connectivity index (χ4n) is 2.53. The van der Waals surface area contributed by atoms with Crippen LogP contribution in [0.15, 0.2) is 47.2 Å². The van der Waals surface area contributed by atoms with Crippen molar-refractivity contribution in [1.29, 1.82) is 0 Å². The molecule has 3 N–H and O–H groups in total. The fourth-order valence-corrected chi connectivity index (χ4v) is 2.94. The predicted octanol–water partition coefficient (Wildman–Crippen LogP) is 4.15. The van der Waals surface area contributed by atoms with E-state index in [1.807, 2.05) is 30.3 Å². The average molecular weight is 401 g/mol. The lowest BCUT2D eigenvalue weighted by molar-refractivity contribution is 0.412. The molecule has 5 nitrogen and oxygen atoms in total. The quantitative estimate of drug-likeness (QED) is 0.674. The van der Waals surface area contributed by atoms with E-state index < -0.39 is 0 Å². The SMILES string of the molecule is COc1cc(-c2nc(C(C)(C)CN)[nH]c2-c2ccncc2)ccc1Br. The van der Waals surface area contributed by atoms with Gasteiger partial charge in [0.15, 0.2) is 0 Å². The molecular weight excluding hydrogens is 380 g/mol. The van der Waals surface area contributed by atoms with Crippen molar-refractivity contribution in [3.05, 3.63) is 53.0 Å². The molecule has 0 unspecified atom stereocenters. The van der Waals surface area contributed by atoms with E-state index in [4.69, 9.17) is 15.5 Å². The van der Waals surface area contributed by atoms with Gasteiger partial charge in [-0.15, -0.1) is 0 Å². The predicted molar refractivity (Wildman–Crippen MR) is 104 cm³/mol. The maximum atomic E-state index is 5.94. The van der Waals surface area contributed by atoms with E-state index in [0.717, 1.165) is 38.6 Å². The van der Waals surface area contributed by atoms with Gasteiger partial charge in [-0.2, -0.15) is 0 Å². The summed E-state index contributed by atoms with van der Waals surface area (Å²) in [5, 5.41) is 0. The van der Waals surface area contributed by atoms with Crippen molar-refractivity contribution in [2.24, 2.45) is 5.73 Å². The lowest BCUT2D eigenvalue weighted by atomic mass is 9.93. The normalized spacial score (nSPS) is 11.6. The zero-order valence-corrected chi connectivity index (χ0v) is 16.1. The Bertz CT molecular complexity index is 874. The van der Waals surface area contributed by atoms with Crippen molar-refractivity contribution in [1.82, 2.24) is 15.0 Å². The molecule has 25 heavy (non-hydrogen) atoms. The van der Waals surface area contributed by atoms with Crippen molar-refractivity contribution in [2.45, 2.75) is 19.3 Å². The van der Waals surface area contributed by atoms with E-state index in [2.05, 4.69) is 39.7 Å². The Hall–Kier alpha value is -2.18. The van der Waals surface area contributed by atoms with Crippen LogP contribution in [0.4, 0.5) is 0 Å². The highest BCUT2D eigenvalue weighted by atomic mass is 79.9. The summed E-state index contributed by atoms with van der Waals surface area (Å²) in [4.78, 5) is 12.4. The van der Waals surface area contributed by atoms with Gasteiger partial charge in [-0.1, -0.05) is 19.9 Å². The second kappa shape index (κ2) is 6.98. The van der Waals surface area contributed by atoms with Crippen molar-refractivity contribution < 1.29 is 4.74 Å². The number of imidazole rings is 1. The first kappa shape index (κ1) is 17.6. The number of halogens is 1. The Kier molecular flexibility index (Phi) is 4.92. The number of methoxy groups -OCH3 is 1. The van der Waals surface area contributed by atoms with Crippen LogP contribution >= 0.6 is 15.9 Å². The number of aromatic nitrogens is 3. The van der Waals surface area contributed by atoms with Crippen LogP contribution in [0.1, 0.15) is 19.7 Å². The first-order valence-electron chi connectivity index (χ1n) is 8.01. The number of hydrogen-bond acceptors (Lipinski definition) is 4. The summed E-state index contributed by atoms with van der Waals surface area (Å²) >= 11 is 3.50. The van der Waals surface area contributed by atoms with Crippen molar-refractivity contribution in [3.63, 3.8) is 0 Å². The first-order chi connectivity index (χ1) is 12.0. The Morgan fingerprint density at radius 2 is 1.88 bits per heavy atom. The molecule has 0 radical (unpaired) electrons. The highest BCUT2D eigenvalue weighted by Crippen LogP contribution is 2.36. The smallest absolute Gasteiger partial charge is 0.133 e. The Balaban J connectivity index is 2.21. The molecule has 130 valence electrons. The molecule has 0 atom stereocenters. The largest absolute Gasteiger partial charge is 0.496 e. The molecule has 0 aliphatic carbocycles. The molecule has 2 heterocycles. The summed E-state index contributed by atoms with van der Waals surface area (Å²) < 4.78 is 6.34. The van der Waals surface area contributed by atoms with E-state index in [1.165, 1.54) is 0 Å². The Morgan fingerprint density at radius 3 is 2.52 bits per heavy atom. The number of nitrogens with one attached hydrogen (secondary N) is 1. The van der Waals surface area contributed by atoms with Crippen LogP contribution in [0.5, 0.6) is 5.75 Å². The van der Waals surface area contributed by atoms with Gasteiger partial charge in [-0.25, -0.2) is 4.98 Å². The molecule has 0 bridgehead atoms. The van der Waals surface area contributed by atoms with Gasteiger partial charge in [0.2, 0.25) is 0 Å². The lowest BCUT2D eigenvalue weighted by Crippen LogP contribution is -2.29. The van der Waals surface area contributed by atoms with Crippen LogP contribution in [0.2, 0.25) is 0 Å². The van der Waals surface area contributed by atoms with E-state index in [-0.39, 0.29) is 5.41 Å². The van der Waals surface area contributed by atoms with Gasteiger partial charge < -0.3 is 15.5 Å². The molecule has 0 amide bonds. The highest BCUT2D eigenvalue weighted by molar-refractivity contribution is 9.10. The molecule has 0 aliphatic heterocycles. The molecule has 3 aromatic rings. The summed E-state index contributed by atoms with van der Waals surface area (Å²) in [7, 11) is 1.65. The number of nitrogens with zero attached hydrogens (tertiary/aromatic N) is 2. The minimum absolute atomic E-state index is 0.251. The number of nitrogens with two attached hydrogens (primary N) is 1. The topological polar surface area (TPSA) is 76.8 Å². The molecule has 2 aromatic heterocycles. The van der Waals surface area contributed by atoms with Crippen LogP contribution in [0.25, 0.3) is 22.5 Å². The highest BCUT2D eigenvalue weighted by Gasteiger charge is 2.25. The molecule has 0 fully saturated rings. The van der Waals surface area contributed by atoms with Crippen molar-refractivity contribution >= 4 is 15.9 Å². The zero-order valence-electron chi connectivity index (χ0n) is 14.5. The molecular formula is C19H21BrN4O. The number of H-pyrrole nitrogens is 1. The third-order valence-corrected chi connectivity index (χ3v) is 4.90. The van der Waals surface area contributed by atoms with Gasteiger partial charge in [-0.05, 0) is 40.2 Å². The maximum Gasteiger partial charge on any atom is 0.133 e. The summed E-state index contributed by atoms with van der Waals surface area (Å²) in [6.45, 7) is 4.65. The lowest BCUT2D eigenvalue weighted by Gasteiger charge is -2.18. The van der Waals surface area contributed by atoms with Gasteiger partial charge in [0.05, 0.1) is 23.0 Å². The fraction of sp³-hybridized carbons (Fsp3) is 0.263. The Labute approximate surface area is 155 Å². The van der Waals surface area contributed by atoms with Crippen LogP contribution in [-0.2, 0) is 5.41 Å². The van der Waals surface area contributed by atoms with Crippen molar-refractivity contribution in [3.8, 4) is 28.3 Å². The summed E-state index contributed by atoms with van der Waals surface area (Å²) in [5.41, 5.74) is 9.51. The van der Waals surface area contributed by atoms with E-state index in [9.17, 15) is 0 Å². The van der Waals surface area contributed by atoms with Gasteiger partial charge in [0.25, 0.3) is 0 Å². The number of ether oxygens (including phenoxy) is 1. The van der Waals surface area contributed by atoms with Gasteiger partial charge in [0, 0.05) is 35.5 Å². The van der Waals surface area contributed by atoms with Crippen LogP contribution < -0.4 is 10.5 Å². The van der Waals surface area contributed by atoms with E-state index in [1.54, 1.807) is 19.5 Å². The average Bonchev–Trinajstić information content (AvgIpc) is 3.09. The standard InChI is InChI=1S/C19H21BrN4O/c1-19(2,11-21)18-23-16(12-6-8-22-9-7-12)17(24-18)13-4-5-14(20)15(10-13)25-3/h4-10H,11,21H2,1-3H3,(H,23,24). The van der Waals surface area contributed by atoms with Gasteiger partial charge in [-0.3, -0.25) is 4.98 Å². The molecule has 6 heteroatoms. The molecule has 0 saturated heterocycles. The minimum atomic E-state index is -0.251. The zero-order chi connectivity index (χ0) is 18.0. The monoisotopic (exact) mass is 400 g/mol. The van der Waals surface area contributed by atoms with Gasteiger partial charge in [0.1, 0.15) is 11.6 Å². The molecule has 0 saturated carbocycles. The molecule has 0 aliphatic rings. The molecule has 1 aromatic carbocycles. The van der Waals surface area contributed by atoms with Crippen LogP contribution in [-0.4, -0.2) is 28.6 Å². The summed E-state index contributed by atoms with van der Waals surface area (Å²) in [6.07, 6.45) is 3.55. The number of hydrogen-bond donors (Lipinski definition) is 2. The molecule has 3 rings (SSSR count). The van der Waals surface area contributed by atoms with Crippen LogP contribution in [0, 0.1) is 0 Å². The second-order valence-corrected chi connectivity index (χ2v) is 7.34. The number of rotatable bonds is 5. The van der Waals surface area contributed by atoms with Crippen LogP contribution in [0.3, 0.4) is 0 Å². The number of benzene rings is 1. The Morgan fingerprint density at radius 1 is 1.16 bits per heavy atom. The van der Waals surface area contributed by atoms with E-state index >= 15 is 0 Å².